The molecule has 0 radical (unpaired) electrons. The summed E-state index contributed by atoms with van der Waals surface area (Å²) in [6.07, 6.45) is 5.59. The highest BCUT2D eigenvalue weighted by Gasteiger charge is 2.66. The molecule has 1 N–H and O–H groups in total. The van der Waals surface area contributed by atoms with Crippen LogP contribution in [0, 0.1) is 23.7 Å². The Hall–Kier alpha value is -5.82. The molecule has 50 heavy (non-hydrogen) atoms. The molecule has 4 aromatic rings. The van der Waals surface area contributed by atoms with E-state index in [9.17, 15) is 14.7 Å². The summed E-state index contributed by atoms with van der Waals surface area (Å²) in [7, 11) is 1.51. The number of Topliss-reactive ketones (excluding diaryl/α,β-unsaturated/α-hetero) is 1. The predicted molar refractivity (Wildman–Crippen MR) is 190 cm³/mol. The molecule has 7 heteroatoms. The highest BCUT2D eigenvalue weighted by Crippen LogP contribution is 2.65. The molecule has 1 saturated heterocycles. The van der Waals surface area contributed by atoms with E-state index in [4.69, 9.17) is 4.74 Å². The maximum absolute atomic E-state index is 15.2. The van der Waals surface area contributed by atoms with Crippen molar-refractivity contribution in [1.82, 2.24) is 0 Å². The minimum Gasteiger partial charge on any atom is -0.508 e. The number of ketones is 2. The number of carbonyl (C=O) groups excluding carboxylic acids is 4. The lowest BCUT2D eigenvalue weighted by Gasteiger charge is -2.55. The second-order valence-corrected chi connectivity index (χ2v) is 13.5. The van der Waals surface area contributed by atoms with E-state index in [-0.39, 0.29) is 42.0 Å². The fourth-order valence-corrected chi connectivity index (χ4v) is 9.20. The molecule has 0 spiro atoms. The van der Waals surface area contributed by atoms with Crippen LogP contribution in [0.5, 0.6) is 11.5 Å². The number of methoxy groups -OCH3 is 1. The molecular formula is C43H35NO6. The number of anilines is 1. The number of benzene rings is 4. The van der Waals surface area contributed by atoms with Crippen LogP contribution in [0.15, 0.2) is 127 Å². The lowest BCUT2D eigenvalue weighted by Crippen LogP contribution is -2.58. The Morgan fingerprint density at radius 2 is 1.54 bits per heavy atom. The van der Waals surface area contributed by atoms with Gasteiger partial charge in [-0.05, 0) is 65.8 Å². The molecule has 0 bridgehead atoms. The molecule has 1 aliphatic heterocycles. The van der Waals surface area contributed by atoms with Gasteiger partial charge in [0.25, 0.3) is 0 Å². The largest absolute Gasteiger partial charge is 0.508 e. The third kappa shape index (κ3) is 4.42. The maximum Gasteiger partial charge on any atom is 0.238 e. The molecule has 0 unspecified atom stereocenters. The van der Waals surface area contributed by atoms with Crippen LogP contribution in [0.25, 0.3) is 11.6 Å². The molecule has 248 valence electrons. The van der Waals surface area contributed by atoms with Crippen LogP contribution >= 0.6 is 0 Å². The number of amides is 2. The van der Waals surface area contributed by atoms with E-state index in [1.165, 1.54) is 18.1 Å². The van der Waals surface area contributed by atoms with Crippen molar-refractivity contribution in [3.05, 3.63) is 150 Å². The van der Waals surface area contributed by atoms with Crippen LogP contribution in [0.1, 0.15) is 41.0 Å². The molecule has 7 nitrogen and oxygen atoms in total. The highest BCUT2D eigenvalue weighted by molar-refractivity contribution is 6.32. The van der Waals surface area contributed by atoms with Crippen molar-refractivity contribution >= 4 is 40.7 Å². The number of aromatic hydroxyl groups is 1. The van der Waals surface area contributed by atoms with Crippen LogP contribution in [-0.4, -0.2) is 35.6 Å². The number of phenolic OH excluding ortho intramolecular Hbond substituents is 1. The molecule has 1 saturated carbocycles. The van der Waals surface area contributed by atoms with E-state index >= 15 is 9.59 Å². The summed E-state index contributed by atoms with van der Waals surface area (Å²) in [6, 6.07) is 30.5. The van der Waals surface area contributed by atoms with E-state index in [1.54, 1.807) is 36.4 Å². The smallest absolute Gasteiger partial charge is 0.238 e. The number of allylic oxidation sites excluding steroid dienone is 4. The summed E-state index contributed by atoms with van der Waals surface area (Å²) in [5.41, 5.74) is 2.60. The maximum atomic E-state index is 15.2. The van der Waals surface area contributed by atoms with Gasteiger partial charge >= 0.3 is 0 Å². The van der Waals surface area contributed by atoms with E-state index in [2.05, 4.69) is 6.58 Å². The molecule has 8 rings (SSSR count). The number of phenols is 1. The van der Waals surface area contributed by atoms with Gasteiger partial charge in [-0.3, -0.25) is 24.1 Å². The Kier molecular flexibility index (Phi) is 7.52. The molecule has 4 aromatic carbocycles. The zero-order valence-corrected chi connectivity index (χ0v) is 27.5. The van der Waals surface area contributed by atoms with Gasteiger partial charge in [-0.1, -0.05) is 103 Å². The third-order valence-electron chi connectivity index (χ3n) is 11.3. The van der Waals surface area contributed by atoms with Crippen LogP contribution in [0.4, 0.5) is 5.69 Å². The SMILES string of the molecule is C=Cc1ccc(N2C(=O)[C@H]3[C@H](CC=C4[C@H]3C[C@H]3C(=O)C(c5ccccc5)=CC(=O)[C@@]3(c3ccccc3)[C@H]4c3c(O)cccc3OC)C2=O)cc1. The molecule has 4 aliphatic rings. The first kappa shape index (κ1) is 31.4. The van der Waals surface area contributed by atoms with Gasteiger partial charge in [0.1, 0.15) is 11.5 Å². The number of hydrogen-bond acceptors (Lipinski definition) is 6. The summed E-state index contributed by atoms with van der Waals surface area (Å²) in [5.74, 6) is -4.56. The van der Waals surface area contributed by atoms with Crippen molar-refractivity contribution in [1.29, 1.82) is 0 Å². The number of carbonyl (C=O) groups is 4. The fraction of sp³-hybridized carbons (Fsp3) is 0.209. The van der Waals surface area contributed by atoms with E-state index < -0.39 is 35.0 Å². The van der Waals surface area contributed by atoms with Crippen LogP contribution in [0.3, 0.4) is 0 Å². The molecule has 1 heterocycles. The van der Waals surface area contributed by atoms with E-state index in [1.807, 2.05) is 78.9 Å². The summed E-state index contributed by atoms with van der Waals surface area (Å²) in [5, 5.41) is 11.7. The van der Waals surface area contributed by atoms with Crippen LogP contribution < -0.4 is 9.64 Å². The van der Waals surface area contributed by atoms with Crippen molar-refractivity contribution in [2.45, 2.75) is 24.2 Å². The molecule has 3 aliphatic carbocycles. The van der Waals surface area contributed by atoms with Crippen molar-refractivity contribution in [3.8, 4) is 11.5 Å². The van der Waals surface area contributed by atoms with Crippen molar-refractivity contribution < 1.29 is 29.0 Å². The number of ether oxygens (including phenoxy) is 1. The topological polar surface area (TPSA) is 101 Å². The number of hydrogen-bond donors (Lipinski definition) is 1. The Labute approximate surface area is 290 Å². The first-order valence-corrected chi connectivity index (χ1v) is 16.9. The van der Waals surface area contributed by atoms with E-state index in [0.29, 0.717) is 33.7 Å². The molecular weight excluding hydrogens is 626 g/mol. The summed E-state index contributed by atoms with van der Waals surface area (Å²) >= 11 is 0. The number of imide groups is 1. The lowest BCUT2D eigenvalue weighted by molar-refractivity contribution is -0.135. The van der Waals surface area contributed by atoms with Gasteiger partial charge in [-0.2, -0.15) is 0 Å². The summed E-state index contributed by atoms with van der Waals surface area (Å²) in [4.78, 5) is 60.1. The molecule has 2 fully saturated rings. The summed E-state index contributed by atoms with van der Waals surface area (Å²) < 4.78 is 5.86. The normalized spacial score (nSPS) is 27.1. The second-order valence-electron chi connectivity index (χ2n) is 13.5. The Balaban J connectivity index is 1.37. The van der Waals surface area contributed by atoms with Gasteiger partial charge in [0.2, 0.25) is 11.8 Å². The molecule has 2 amide bonds. The number of nitrogens with zero attached hydrogens (tertiary/aromatic N) is 1. The molecule has 0 aromatic heterocycles. The van der Waals surface area contributed by atoms with Gasteiger partial charge in [-0.15, -0.1) is 0 Å². The Morgan fingerprint density at radius 1 is 0.840 bits per heavy atom. The zero-order valence-electron chi connectivity index (χ0n) is 27.5. The van der Waals surface area contributed by atoms with Crippen molar-refractivity contribution in [2.75, 3.05) is 12.0 Å². The lowest BCUT2D eigenvalue weighted by atomic mass is 9.44. The quantitative estimate of drug-likeness (QED) is 0.175. The van der Waals surface area contributed by atoms with Gasteiger partial charge in [0, 0.05) is 23.0 Å². The predicted octanol–water partition coefficient (Wildman–Crippen LogP) is 7.07. The summed E-state index contributed by atoms with van der Waals surface area (Å²) in [6.45, 7) is 3.80. The van der Waals surface area contributed by atoms with Gasteiger partial charge in [0.15, 0.2) is 11.6 Å². The average molecular weight is 662 g/mol. The van der Waals surface area contributed by atoms with Crippen LogP contribution in [0.2, 0.25) is 0 Å². The van der Waals surface area contributed by atoms with E-state index in [0.717, 1.165) is 11.1 Å². The highest BCUT2D eigenvalue weighted by atomic mass is 16.5. The average Bonchev–Trinajstić information content (AvgIpc) is 3.41. The minimum absolute atomic E-state index is 0.0806. The van der Waals surface area contributed by atoms with Gasteiger partial charge < -0.3 is 9.84 Å². The zero-order chi connectivity index (χ0) is 34.7. The van der Waals surface area contributed by atoms with Crippen molar-refractivity contribution in [3.63, 3.8) is 0 Å². The molecule has 6 atom stereocenters. The Morgan fingerprint density at radius 3 is 2.22 bits per heavy atom. The first-order chi connectivity index (χ1) is 24.3. The standard InChI is InChI=1S/C43H35NO6/c1-3-25-17-19-28(20-18-25)44-41(48)30-22-21-29-32(37(30)42(44)49)23-33-40(47)31(26-11-6-4-7-12-26)24-36(46)43(33,27-13-8-5-9-14-27)39(29)38-34(45)15-10-16-35(38)50-2/h3-21,24,30,32-33,37,39,45H,1,22-23H2,2H3/t30-,32+,33-,37-,39+,43-/m0/s1. The van der Waals surface area contributed by atoms with Crippen molar-refractivity contribution in [2.24, 2.45) is 23.7 Å². The number of fused-ring (bicyclic) bond motifs is 4. The van der Waals surface area contributed by atoms with Crippen LogP contribution in [-0.2, 0) is 24.6 Å². The van der Waals surface area contributed by atoms with Gasteiger partial charge in [-0.25, -0.2) is 0 Å². The minimum atomic E-state index is -1.47. The monoisotopic (exact) mass is 661 g/mol. The number of rotatable bonds is 6. The Bertz CT molecular complexity index is 2130. The fourth-order valence-electron chi connectivity index (χ4n) is 9.20. The first-order valence-electron chi connectivity index (χ1n) is 16.9. The second kappa shape index (κ2) is 11.9. The van der Waals surface area contributed by atoms with Gasteiger partial charge in [0.05, 0.1) is 30.0 Å². The third-order valence-corrected chi connectivity index (χ3v) is 11.3.